The summed E-state index contributed by atoms with van der Waals surface area (Å²) in [5.74, 6) is 1.82. The normalized spacial score (nSPS) is 24.7. The zero-order valence-corrected chi connectivity index (χ0v) is 20.2. The van der Waals surface area contributed by atoms with Gasteiger partial charge < -0.3 is 10.2 Å². The molecule has 1 aliphatic heterocycles. The van der Waals surface area contributed by atoms with Crippen molar-refractivity contribution in [3.8, 4) is 0 Å². The second kappa shape index (κ2) is 11.7. The molecular weight excluding hydrogens is 428 g/mol. The minimum Gasteiger partial charge on any atom is -0.338 e. The van der Waals surface area contributed by atoms with Gasteiger partial charge in [0.25, 0.3) is 0 Å². The Morgan fingerprint density at radius 3 is 2.47 bits per heavy atom. The fourth-order valence-corrected chi connectivity index (χ4v) is 5.33. The van der Waals surface area contributed by atoms with Crippen LogP contribution in [0, 0.1) is 17.8 Å². The third-order valence-corrected chi connectivity index (χ3v) is 7.54. The van der Waals surface area contributed by atoms with Gasteiger partial charge in [-0.3, -0.25) is 14.9 Å². The fraction of sp³-hybridized carbons (Fsp3) is 0.556. The molecular formula is C27H38N4O3. The molecule has 1 heterocycles. The summed E-state index contributed by atoms with van der Waals surface area (Å²) in [4.78, 5) is 28.1. The number of piperazine rings is 1. The predicted molar refractivity (Wildman–Crippen MR) is 132 cm³/mol. The van der Waals surface area contributed by atoms with E-state index in [9.17, 15) is 9.59 Å². The first-order valence-corrected chi connectivity index (χ1v) is 12.7. The first-order chi connectivity index (χ1) is 16.6. The van der Waals surface area contributed by atoms with Crippen molar-refractivity contribution in [2.45, 2.75) is 45.1 Å². The van der Waals surface area contributed by atoms with E-state index in [-0.39, 0.29) is 18.0 Å². The molecule has 184 valence electrons. The van der Waals surface area contributed by atoms with Crippen molar-refractivity contribution in [3.05, 3.63) is 59.7 Å². The Hall–Kier alpha value is -2.64. The van der Waals surface area contributed by atoms with E-state index in [0.717, 1.165) is 63.7 Å². The predicted octanol–water partition coefficient (Wildman–Crippen LogP) is 3.89. The number of hydrogen-bond donors (Lipinski definition) is 3. The van der Waals surface area contributed by atoms with Gasteiger partial charge in [0.05, 0.1) is 6.04 Å². The van der Waals surface area contributed by atoms with Crippen LogP contribution in [0.2, 0.25) is 0 Å². The maximum atomic E-state index is 12.6. The summed E-state index contributed by atoms with van der Waals surface area (Å²) in [5.41, 5.74) is 4.36. The quantitative estimate of drug-likeness (QED) is 0.277. The number of carbonyl (C=O) groups is 2. The molecule has 0 radical (unpaired) electrons. The maximum absolute atomic E-state index is 12.6. The van der Waals surface area contributed by atoms with E-state index in [4.69, 9.17) is 5.21 Å². The van der Waals surface area contributed by atoms with Crippen molar-refractivity contribution in [2.75, 3.05) is 32.7 Å². The molecule has 1 saturated carbocycles. The zero-order chi connectivity index (χ0) is 23.9. The van der Waals surface area contributed by atoms with E-state index in [1.807, 2.05) is 4.90 Å². The Kier molecular flexibility index (Phi) is 8.40. The van der Waals surface area contributed by atoms with Crippen molar-refractivity contribution in [1.29, 1.82) is 0 Å². The summed E-state index contributed by atoms with van der Waals surface area (Å²) in [5, 5.41) is 11.5. The molecule has 3 aliphatic rings. The van der Waals surface area contributed by atoms with Crippen LogP contribution in [-0.4, -0.2) is 59.7 Å². The van der Waals surface area contributed by atoms with Crippen molar-refractivity contribution >= 4 is 11.9 Å². The van der Waals surface area contributed by atoms with Gasteiger partial charge in [-0.2, -0.15) is 0 Å². The van der Waals surface area contributed by atoms with Gasteiger partial charge in [-0.25, -0.2) is 10.3 Å². The molecule has 4 atom stereocenters. The second-order valence-electron chi connectivity index (χ2n) is 9.81. The van der Waals surface area contributed by atoms with Gasteiger partial charge in [0.15, 0.2) is 0 Å². The molecule has 3 N–H and O–H groups in total. The van der Waals surface area contributed by atoms with E-state index >= 15 is 0 Å². The SMILES string of the molecule is CC1C2C=CC(C(c3ccccc3)N3CCN(C(=O)NCCCCCCC(=O)NO)CC3)=CC12. The number of fused-ring (bicyclic) bond motifs is 1. The molecule has 34 heavy (non-hydrogen) atoms. The van der Waals surface area contributed by atoms with Gasteiger partial charge in [-0.1, -0.05) is 68.3 Å². The number of nitrogens with one attached hydrogen (secondary N) is 2. The molecule has 2 fully saturated rings. The lowest BCUT2D eigenvalue weighted by atomic mass is 9.92. The van der Waals surface area contributed by atoms with Crippen LogP contribution >= 0.6 is 0 Å². The summed E-state index contributed by atoms with van der Waals surface area (Å²) in [7, 11) is 0. The molecule has 2 aliphatic carbocycles. The van der Waals surface area contributed by atoms with Crippen LogP contribution in [0.5, 0.6) is 0 Å². The Bertz CT molecular complexity index is 892. The van der Waals surface area contributed by atoms with Gasteiger partial charge in [0, 0.05) is 39.1 Å². The maximum Gasteiger partial charge on any atom is 0.317 e. The Balaban J connectivity index is 1.24. The Morgan fingerprint density at radius 1 is 1.03 bits per heavy atom. The van der Waals surface area contributed by atoms with Crippen LogP contribution in [0.25, 0.3) is 0 Å². The second-order valence-corrected chi connectivity index (χ2v) is 9.81. The average molecular weight is 467 g/mol. The highest BCUT2D eigenvalue weighted by molar-refractivity contribution is 5.74. The minimum absolute atomic E-state index is 0.0157. The van der Waals surface area contributed by atoms with Gasteiger partial charge in [0.2, 0.25) is 5.91 Å². The third-order valence-electron chi connectivity index (χ3n) is 7.54. The molecule has 0 spiro atoms. The van der Waals surface area contributed by atoms with Crippen LogP contribution in [0.15, 0.2) is 54.1 Å². The molecule has 1 saturated heterocycles. The standard InChI is InChI=1S/C27H38N4O3/c1-20-23-13-12-22(19-24(20)23)26(21-9-5-4-6-10-21)30-15-17-31(18-16-30)27(33)28-14-8-3-2-7-11-25(32)29-34/h4-6,9-10,12-13,19-20,23-24,26,34H,2-3,7-8,11,14-18H2,1H3,(H,28,33)(H,29,32). The lowest BCUT2D eigenvalue weighted by Crippen LogP contribution is -2.52. The van der Waals surface area contributed by atoms with E-state index < -0.39 is 0 Å². The number of nitrogens with zero attached hydrogens (tertiary/aromatic N) is 2. The van der Waals surface area contributed by atoms with Crippen LogP contribution in [0.4, 0.5) is 4.79 Å². The molecule has 0 bridgehead atoms. The number of hydrogen-bond acceptors (Lipinski definition) is 4. The summed E-state index contributed by atoms with van der Waals surface area (Å²) in [6, 6.07) is 11.0. The highest BCUT2D eigenvalue weighted by Gasteiger charge is 2.45. The number of amides is 3. The van der Waals surface area contributed by atoms with E-state index in [2.05, 4.69) is 65.7 Å². The van der Waals surface area contributed by atoms with Gasteiger partial charge in [-0.15, -0.1) is 0 Å². The van der Waals surface area contributed by atoms with Gasteiger partial charge >= 0.3 is 6.03 Å². The molecule has 7 heteroatoms. The van der Waals surface area contributed by atoms with Crippen LogP contribution in [0.1, 0.15) is 50.6 Å². The van der Waals surface area contributed by atoms with Gasteiger partial charge in [-0.05, 0) is 41.7 Å². The summed E-state index contributed by atoms with van der Waals surface area (Å²) in [6.07, 6.45) is 11.1. The first-order valence-electron chi connectivity index (χ1n) is 12.7. The number of hydroxylamine groups is 1. The molecule has 0 aromatic heterocycles. The fourth-order valence-electron chi connectivity index (χ4n) is 5.33. The topological polar surface area (TPSA) is 84.9 Å². The van der Waals surface area contributed by atoms with Crippen molar-refractivity contribution in [1.82, 2.24) is 20.6 Å². The molecule has 4 unspecified atom stereocenters. The number of allylic oxidation sites excluding steroid dienone is 2. The number of benzene rings is 1. The zero-order valence-electron chi connectivity index (χ0n) is 20.2. The van der Waals surface area contributed by atoms with Crippen LogP contribution in [-0.2, 0) is 4.79 Å². The summed E-state index contributed by atoms with van der Waals surface area (Å²) >= 11 is 0. The number of rotatable bonds is 10. The summed E-state index contributed by atoms with van der Waals surface area (Å²) < 4.78 is 0. The lowest BCUT2D eigenvalue weighted by Gasteiger charge is -2.40. The van der Waals surface area contributed by atoms with E-state index in [1.54, 1.807) is 5.48 Å². The summed E-state index contributed by atoms with van der Waals surface area (Å²) in [6.45, 7) is 6.15. The molecule has 3 amide bonds. The average Bonchev–Trinajstić information content (AvgIpc) is 3.53. The van der Waals surface area contributed by atoms with E-state index in [1.165, 1.54) is 11.1 Å². The largest absolute Gasteiger partial charge is 0.338 e. The van der Waals surface area contributed by atoms with Gasteiger partial charge in [0.1, 0.15) is 0 Å². The third kappa shape index (κ3) is 6.07. The first kappa shape index (κ1) is 24.5. The van der Waals surface area contributed by atoms with Crippen molar-refractivity contribution in [3.63, 3.8) is 0 Å². The minimum atomic E-state index is -0.343. The Labute approximate surface area is 202 Å². The van der Waals surface area contributed by atoms with Crippen molar-refractivity contribution < 1.29 is 14.8 Å². The van der Waals surface area contributed by atoms with Crippen molar-refractivity contribution in [2.24, 2.45) is 17.8 Å². The highest BCUT2D eigenvalue weighted by atomic mass is 16.5. The van der Waals surface area contributed by atoms with E-state index in [0.29, 0.717) is 18.9 Å². The monoisotopic (exact) mass is 466 g/mol. The number of unbranched alkanes of at least 4 members (excludes halogenated alkanes) is 3. The molecule has 4 rings (SSSR count). The number of carbonyl (C=O) groups excluding carboxylic acids is 2. The lowest BCUT2D eigenvalue weighted by molar-refractivity contribution is -0.129. The smallest absolute Gasteiger partial charge is 0.317 e. The molecule has 1 aromatic rings. The van der Waals surface area contributed by atoms with Crippen LogP contribution in [0.3, 0.4) is 0 Å². The number of urea groups is 1. The molecule has 1 aromatic carbocycles. The van der Waals surface area contributed by atoms with Crippen LogP contribution < -0.4 is 10.8 Å². The Morgan fingerprint density at radius 2 is 1.76 bits per heavy atom. The highest BCUT2D eigenvalue weighted by Crippen LogP contribution is 2.52. The molecule has 7 nitrogen and oxygen atoms in total.